The van der Waals surface area contributed by atoms with Crippen molar-refractivity contribution >= 4 is 33.2 Å². The van der Waals surface area contributed by atoms with Gasteiger partial charge in [0.15, 0.2) is 5.52 Å². The van der Waals surface area contributed by atoms with Crippen LogP contribution < -0.4 is 9.51 Å². The second kappa shape index (κ2) is 4.60. The molecule has 22 heavy (non-hydrogen) atoms. The molecule has 0 N–H and O–H groups in total. The van der Waals surface area contributed by atoms with Crippen molar-refractivity contribution in [2.45, 2.75) is 6.92 Å². The van der Waals surface area contributed by atoms with Crippen LogP contribution in [0.2, 0.25) is 0 Å². The van der Waals surface area contributed by atoms with Crippen LogP contribution in [-0.2, 0) is 0 Å². The first-order valence-electron chi connectivity index (χ1n) is 6.60. The summed E-state index contributed by atoms with van der Waals surface area (Å²) in [5.41, 5.74) is 1.87. The minimum Gasteiger partial charge on any atom is -0.841 e. The number of hydrogen-bond donors (Lipinski definition) is 0. The molecule has 0 aliphatic heterocycles. The summed E-state index contributed by atoms with van der Waals surface area (Å²) in [4.78, 5) is 21.3. The molecular formula is C15H10N4O2S. The van der Waals surface area contributed by atoms with Crippen molar-refractivity contribution < 1.29 is 14.3 Å². The number of carbonyl (C=O) groups is 1. The van der Waals surface area contributed by atoms with Gasteiger partial charge in [-0.05, 0) is 10.5 Å². The topological polar surface area (TPSA) is 74.9 Å². The lowest BCUT2D eigenvalue weighted by atomic mass is 10.2. The zero-order chi connectivity index (χ0) is 15.3. The molecule has 0 spiro atoms. The maximum atomic E-state index is 12.6. The van der Waals surface area contributed by atoms with Gasteiger partial charge < -0.3 is 5.11 Å². The van der Waals surface area contributed by atoms with Crippen LogP contribution in [0.4, 0.5) is 0 Å². The first-order chi connectivity index (χ1) is 10.7. The van der Waals surface area contributed by atoms with Gasteiger partial charge in [-0.25, -0.2) is 0 Å². The monoisotopic (exact) mass is 310 g/mol. The molecule has 0 aliphatic carbocycles. The molecule has 0 atom stereocenters. The molecule has 3 aromatic heterocycles. The van der Waals surface area contributed by atoms with Crippen molar-refractivity contribution in [2.75, 3.05) is 0 Å². The van der Waals surface area contributed by atoms with Gasteiger partial charge in [0.2, 0.25) is 10.7 Å². The molecule has 6 nitrogen and oxygen atoms in total. The molecule has 3 heterocycles. The first-order valence-corrected chi connectivity index (χ1v) is 7.42. The highest BCUT2D eigenvalue weighted by Crippen LogP contribution is 2.34. The molecule has 0 fully saturated rings. The van der Waals surface area contributed by atoms with Gasteiger partial charge in [-0.3, -0.25) is 9.36 Å². The van der Waals surface area contributed by atoms with Gasteiger partial charge in [0.25, 0.3) is 12.0 Å². The summed E-state index contributed by atoms with van der Waals surface area (Å²) >= 11 is 1.34. The molecule has 0 aliphatic rings. The van der Waals surface area contributed by atoms with E-state index in [0.717, 1.165) is 5.56 Å². The standard InChI is InChI=1S/C15H10N4O2S/c1-9(20)18-7-16-13-11(18)15-19(8-17-13)14(21)12(22-15)10-5-3-2-4-6-10/h2-8H,1H3. The Balaban J connectivity index is 2.11. The van der Waals surface area contributed by atoms with Gasteiger partial charge in [-0.15, -0.1) is 0 Å². The zero-order valence-electron chi connectivity index (χ0n) is 11.6. The highest BCUT2D eigenvalue weighted by Gasteiger charge is 2.21. The van der Waals surface area contributed by atoms with E-state index in [4.69, 9.17) is 0 Å². The number of rotatable bonds is 1. The third-order valence-corrected chi connectivity index (χ3v) is 4.65. The molecule has 1 aromatic carbocycles. The predicted molar refractivity (Wildman–Crippen MR) is 79.7 cm³/mol. The van der Waals surface area contributed by atoms with Crippen LogP contribution in [0.1, 0.15) is 11.7 Å². The normalized spacial score (nSPS) is 11.3. The van der Waals surface area contributed by atoms with Crippen molar-refractivity contribution in [1.82, 2.24) is 14.5 Å². The van der Waals surface area contributed by atoms with Gasteiger partial charge in [0.1, 0.15) is 6.33 Å². The summed E-state index contributed by atoms with van der Waals surface area (Å²) in [5.74, 6) is -0.309. The Morgan fingerprint density at radius 1 is 1.27 bits per heavy atom. The number of carbonyl (C=O) groups excluding carboxylic acids is 1. The smallest absolute Gasteiger partial charge is 0.297 e. The highest BCUT2D eigenvalue weighted by molar-refractivity contribution is 7.21. The van der Waals surface area contributed by atoms with E-state index in [1.54, 1.807) is 0 Å². The molecule has 0 amide bonds. The lowest BCUT2D eigenvalue weighted by Crippen LogP contribution is -2.25. The van der Waals surface area contributed by atoms with E-state index in [1.165, 1.54) is 39.9 Å². The van der Waals surface area contributed by atoms with Crippen molar-refractivity contribution in [2.24, 2.45) is 0 Å². The molecular weight excluding hydrogens is 300 g/mol. The van der Waals surface area contributed by atoms with Crippen molar-refractivity contribution in [3.63, 3.8) is 0 Å². The predicted octanol–water partition coefficient (Wildman–Crippen LogP) is 1.63. The molecule has 7 heteroatoms. The van der Waals surface area contributed by atoms with E-state index < -0.39 is 0 Å². The Morgan fingerprint density at radius 2 is 2.05 bits per heavy atom. The number of benzene rings is 1. The van der Waals surface area contributed by atoms with Crippen LogP contribution in [0.25, 0.3) is 26.4 Å². The summed E-state index contributed by atoms with van der Waals surface area (Å²) in [6.45, 7) is 1.45. The van der Waals surface area contributed by atoms with Gasteiger partial charge in [-0.2, -0.15) is 9.38 Å². The second-order valence-electron chi connectivity index (χ2n) is 4.83. The quantitative estimate of drug-likeness (QED) is 0.501. The fourth-order valence-corrected chi connectivity index (χ4v) is 3.56. The second-order valence-corrected chi connectivity index (χ2v) is 5.83. The zero-order valence-corrected chi connectivity index (χ0v) is 12.4. The maximum absolute atomic E-state index is 12.6. The Labute approximate surface area is 128 Å². The van der Waals surface area contributed by atoms with Gasteiger partial charge in [0.05, 0.1) is 10.8 Å². The lowest BCUT2D eigenvalue weighted by molar-refractivity contribution is -0.582. The SMILES string of the molecule is CC(=O)n1cnc2nc[n+]3c([O-])c(-c4ccccc4)sc3c21. The number of fused-ring (bicyclic) bond motifs is 3. The molecule has 0 bridgehead atoms. The number of thiazole rings is 1. The third-order valence-electron chi connectivity index (χ3n) is 3.45. The number of hydrogen-bond acceptors (Lipinski definition) is 5. The molecule has 4 aromatic rings. The van der Waals surface area contributed by atoms with E-state index in [9.17, 15) is 9.90 Å². The highest BCUT2D eigenvalue weighted by atomic mass is 32.1. The van der Waals surface area contributed by atoms with E-state index in [2.05, 4.69) is 9.97 Å². The van der Waals surface area contributed by atoms with Gasteiger partial charge in [0, 0.05) is 6.92 Å². The number of nitrogens with zero attached hydrogens (tertiary/aromatic N) is 4. The Kier molecular flexibility index (Phi) is 2.70. The Bertz CT molecular complexity index is 1020. The summed E-state index contributed by atoms with van der Waals surface area (Å²) in [6.07, 6.45) is 2.90. The molecule has 4 rings (SSSR count). The van der Waals surface area contributed by atoms with Crippen LogP contribution in [0.5, 0.6) is 5.88 Å². The lowest BCUT2D eigenvalue weighted by Gasteiger charge is -2.03. The van der Waals surface area contributed by atoms with Crippen LogP contribution in [0.3, 0.4) is 0 Å². The van der Waals surface area contributed by atoms with Crippen LogP contribution in [-0.4, -0.2) is 20.4 Å². The van der Waals surface area contributed by atoms with Crippen molar-refractivity contribution in [3.8, 4) is 16.3 Å². The van der Waals surface area contributed by atoms with E-state index in [1.807, 2.05) is 30.3 Å². The minimum atomic E-state index is -0.167. The van der Waals surface area contributed by atoms with E-state index in [0.29, 0.717) is 20.9 Å². The molecule has 0 saturated carbocycles. The molecule has 0 saturated heterocycles. The first kappa shape index (κ1) is 12.9. The summed E-state index contributed by atoms with van der Waals surface area (Å²) in [5, 5.41) is 12.6. The van der Waals surface area contributed by atoms with Crippen molar-refractivity contribution in [1.29, 1.82) is 0 Å². The number of aromatic nitrogens is 4. The molecule has 0 radical (unpaired) electrons. The van der Waals surface area contributed by atoms with E-state index >= 15 is 0 Å². The van der Waals surface area contributed by atoms with Crippen LogP contribution in [0, 0.1) is 0 Å². The fraction of sp³-hybridized carbons (Fsp3) is 0.0667. The summed E-state index contributed by atoms with van der Waals surface area (Å²) in [7, 11) is 0. The molecule has 0 unspecified atom stereocenters. The maximum Gasteiger partial charge on any atom is 0.297 e. The van der Waals surface area contributed by atoms with Gasteiger partial charge in [-0.1, -0.05) is 41.7 Å². The average Bonchev–Trinajstić information content (AvgIpc) is 3.09. The van der Waals surface area contributed by atoms with E-state index in [-0.39, 0.29) is 11.8 Å². The van der Waals surface area contributed by atoms with Crippen molar-refractivity contribution in [3.05, 3.63) is 43.0 Å². The Hall–Kier alpha value is -2.80. The average molecular weight is 310 g/mol. The summed E-state index contributed by atoms with van der Waals surface area (Å²) < 4.78 is 2.89. The minimum absolute atomic E-state index is 0.142. The number of imidazole rings is 1. The summed E-state index contributed by atoms with van der Waals surface area (Å²) in [6, 6.07) is 9.45. The fourth-order valence-electron chi connectivity index (χ4n) is 2.41. The van der Waals surface area contributed by atoms with Gasteiger partial charge >= 0.3 is 0 Å². The molecule has 108 valence electrons. The Morgan fingerprint density at radius 3 is 2.77 bits per heavy atom. The van der Waals surface area contributed by atoms with Crippen LogP contribution in [0.15, 0.2) is 43.0 Å². The largest absolute Gasteiger partial charge is 0.841 e. The third kappa shape index (κ3) is 1.72. The van der Waals surface area contributed by atoms with Crippen LogP contribution >= 0.6 is 11.3 Å².